The zero-order valence-electron chi connectivity index (χ0n) is 14.7. The van der Waals surface area contributed by atoms with Crippen molar-refractivity contribution >= 4 is 5.97 Å². The molecule has 0 aromatic carbocycles. The van der Waals surface area contributed by atoms with Crippen molar-refractivity contribution in [2.45, 2.75) is 58.0 Å². The summed E-state index contributed by atoms with van der Waals surface area (Å²) in [5.74, 6) is -3.93. The van der Waals surface area contributed by atoms with Gasteiger partial charge in [0.1, 0.15) is 6.23 Å². The van der Waals surface area contributed by atoms with E-state index in [2.05, 4.69) is 18.6 Å². The van der Waals surface area contributed by atoms with E-state index in [0.29, 0.717) is 0 Å². The maximum Gasteiger partial charge on any atom is 0.352 e. The number of carbonyl (C=O) groups excluding carboxylic acids is 1. The first-order chi connectivity index (χ1) is 12.2. The molecule has 148 valence electrons. The molecule has 2 atom stereocenters. The lowest BCUT2D eigenvalue weighted by molar-refractivity contribution is -0.362. The van der Waals surface area contributed by atoms with Crippen LogP contribution in [0.15, 0.2) is 15.8 Å². The Morgan fingerprint density at radius 3 is 2.58 bits per heavy atom. The summed E-state index contributed by atoms with van der Waals surface area (Å²) in [7, 11) is 0. The third-order valence-corrected chi connectivity index (χ3v) is 3.37. The SMILES string of the molecule is CCC.NCC(=O)OC(O)(O)C1CCC(n2cc(CO)c(=O)[nH]c2=O)O1. The first kappa shape index (κ1) is 22.0. The average Bonchev–Trinajstić information content (AvgIpc) is 3.06. The lowest BCUT2D eigenvalue weighted by atomic mass is 10.2. The molecule has 0 radical (unpaired) electrons. The number of aromatic amines is 1. The summed E-state index contributed by atoms with van der Waals surface area (Å²) in [5, 5.41) is 28.5. The van der Waals surface area contributed by atoms with Crippen LogP contribution in [0.2, 0.25) is 0 Å². The Morgan fingerprint density at radius 2 is 2.04 bits per heavy atom. The lowest BCUT2D eigenvalue weighted by Gasteiger charge is -2.27. The molecule has 0 bridgehead atoms. The molecule has 0 spiro atoms. The van der Waals surface area contributed by atoms with E-state index >= 15 is 0 Å². The minimum absolute atomic E-state index is 0.0505. The second-order valence-electron chi connectivity index (χ2n) is 5.68. The van der Waals surface area contributed by atoms with Gasteiger partial charge in [-0.3, -0.25) is 19.1 Å². The number of nitrogens with zero attached hydrogens (tertiary/aromatic N) is 1. The minimum atomic E-state index is -2.89. The highest BCUT2D eigenvalue weighted by Gasteiger charge is 2.45. The maximum atomic E-state index is 11.8. The van der Waals surface area contributed by atoms with Gasteiger partial charge >= 0.3 is 17.6 Å². The van der Waals surface area contributed by atoms with Crippen molar-refractivity contribution in [2.24, 2.45) is 5.73 Å². The Kier molecular flexibility index (Phi) is 8.11. The minimum Gasteiger partial charge on any atom is -0.405 e. The summed E-state index contributed by atoms with van der Waals surface area (Å²) in [6, 6.07) is 0. The summed E-state index contributed by atoms with van der Waals surface area (Å²) in [4.78, 5) is 36.3. The Labute approximate surface area is 149 Å². The van der Waals surface area contributed by atoms with Crippen LogP contribution in [-0.2, 0) is 20.9 Å². The molecule has 2 heterocycles. The van der Waals surface area contributed by atoms with Crippen LogP contribution in [0.25, 0.3) is 0 Å². The normalized spacial score (nSPS) is 19.6. The predicted octanol–water partition coefficient (Wildman–Crippen LogP) is -1.74. The maximum absolute atomic E-state index is 11.8. The second-order valence-corrected chi connectivity index (χ2v) is 5.68. The molecule has 11 nitrogen and oxygen atoms in total. The van der Waals surface area contributed by atoms with Crippen molar-refractivity contribution in [3.05, 3.63) is 32.6 Å². The Hall–Kier alpha value is -2.05. The summed E-state index contributed by atoms with van der Waals surface area (Å²) in [6.45, 7) is 3.13. The van der Waals surface area contributed by atoms with Gasteiger partial charge in [0.15, 0.2) is 6.10 Å². The largest absolute Gasteiger partial charge is 0.405 e. The number of ether oxygens (including phenoxy) is 2. The van der Waals surface area contributed by atoms with Crippen molar-refractivity contribution < 1.29 is 29.6 Å². The van der Waals surface area contributed by atoms with Crippen LogP contribution < -0.4 is 17.0 Å². The molecule has 0 amide bonds. The number of aliphatic hydroxyl groups is 3. The molecule has 2 rings (SSSR count). The summed E-state index contributed by atoms with van der Waals surface area (Å²) < 4.78 is 10.7. The summed E-state index contributed by atoms with van der Waals surface area (Å²) >= 11 is 0. The fourth-order valence-electron chi connectivity index (χ4n) is 2.23. The lowest BCUT2D eigenvalue weighted by Crippen LogP contribution is -2.47. The second kappa shape index (κ2) is 9.59. The number of aliphatic hydroxyl groups excluding tert-OH is 1. The molecular formula is C15H25N3O8. The number of rotatable bonds is 5. The number of esters is 1. The van der Waals surface area contributed by atoms with Gasteiger partial charge in [0.2, 0.25) is 0 Å². The van der Waals surface area contributed by atoms with E-state index in [1.807, 2.05) is 4.98 Å². The van der Waals surface area contributed by atoms with Crippen LogP contribution in [0.5, 0.6) is 0 Å². The van der Waals surface area contributed by atoms with Crippen molar-refractivity contribution in [3.63, 3.8) is 0 Å². The standard InChI is InChI=1S/C12H17N3O8.C3H8/c13-3-9(17)23-12(20,21)7-1-2-8(22-7)15-4-6(5-16)10(18)14-11(15)19;1-3-2/h4,7-8,16,20-21H,1-3,5,13H2,(H,14,18,19);3H2,1-2H3. The van der Waals surface area contributed by atoms with Gasteiger partial charge in [0.05, 0.1) is 18.7 Å². The van der Waals surface area contributed by atoms with Gasteiger partial charge in [0, 0.05) is 6.20 Å². The summed E-state index contributed by atoms with van der Waals surface area (Å²) in [5.41, 5.74) is 3.47. The molecule has 6 N–H and O–H groups in total. The molecular weight excluding hydrogens is 350 g/mol. The molecule has 0 aliphatic carbocycles. The fraction of sp³-hybridized carbons (Fsp3) is 0.667. The van der Waals surface area contributed by atoms with Gasteiger partial charge < -0.3 is 30.5 Å². The topological polar surface area (TPSA) is 177 Å². The van der Waals surface area contributed by atoms with Crippen LogP contribution in [0.4, 0.5) is 0 Å². The van der Waals surface area contributed by atoms with Crippen LogP contribution in [0.3, 0.4) is 0 Å². The Morgan fingerprint density at radius 1 is 1.42 bits per heavy atom. The van der Waals surface area contributed by atoms with Crippen LogP contribution in [-0.4, -0.2) is 49.5 Å². The molecule has 1 aromatic heterocycles. The van der Waals surface area contributed by atoms with Gasteiger partial charge in [-0.05, 0) is 12.8 Å². The third kappa shape index (κ3) is 5.47. The number of hydrogen-bond donors (Lipinski definition) is 5. The molecule has 1 aliphatic heterocycles. The number of nitrogens with one attached hydrogen (secondary N) is 1. The van der Waals surface area contributed by atoms with Crippen LogP contribution in [0, 0.1) is 0 Å². The molecule has 1 aromatic rings. The van der Waals surface area contributed by atoms with Gasteiger partial charge in [0.25, 0.3) is 5.56 Å². The van der Waals surface area contributed by atoms with Gasteiger partial charge in [-0.15, -0.1) is 0 Å². The van der Waals surface area contributed by atoms with Crippen LogP contribution in [0.1, 0.15) is 44.9 Å². The zero-order chi connectivity index (χ0) is 19.9. The fourth-order valence-corrected chi connectivity index (χ4v) is 2.23. The van der Waals surface area contributed by atoms with E-state index < -0.39 is 48.7 Å². The van der Waals surface area contributed by atoms with E-state index in [4.69, 9.17) is 15.6 Å². The monoisotopic (exact) mass is 375 g/mol. The van der Waals surface area contributed by atoms with Crippen LogP contribution >= 0.6 is 0 Å². The summed E-state index contributed by atoms with van der Waals surface area (Å²) in [6.07, 6.45) is 0.390. The highest BCUT2D eigenvalue weighted by Crippen LogP contribution is 2.32. The number of carbonyl (C=O) groups is 1. The first-order valence-electron chi connectivity index (χ1n) is 8.17. The predicted molar refractivity (Wildman–Crippen MR) is 88.7 cm³/mol. The highest BCUT2D eigenvalue weighted by atomic mass is 16.8. The first-order valence-corrected chi connectivity index (χ1v) is 8.17. The molecule has 26 heavy (non-hydrogen) atoms. The van der Waals surface area contributed by atoms with Gasteiger partial charge in [-0.25, -0.2) is 4.79 Å². The highest BCUT2D eigenvalue weighted by molar-refractivity contribution is 5.71. The van der Waals surface area contributed by atoms with Crippen molar-refractivity contribution in [3.8, 4) is 0 Å². The third-order valence-electron chi connectivity index (χ3n) is 3.37. The Bertz CT molecular complexity index is 712. The number of H-pyrrole nitrogens is 1. The van der Waals surface area contributed by atoms with E-state index in [-0.39, 0.29) is 18.4 Å². The van der Waals surface area contributed by atoms with Crippen molar-refractivity contribution in [1.82, 2.24) is 9.55 Å². The molecule has 2 unspecified atom stereocenters. The Balaban J connectivity index is 0.00000105. The van der Waals surface area contributed by atoms with E-state index in [1.54, 1.807) is 0 Å². The number of nitrogens with two attached hydrogens (primary N) is 1. The molecule has 1 aliphatic rings. The molecule has 11 heteroatoms. The molecule has 1 saturated heterocycles. The quantitative estimate of drug-likeness (QED) is 0.295. The van der Waals surface area contributed by atoms with Crippen molar-refractivity contribution in [2.75, 3.05) is 6.54 Å². The van der Waals surface area contributed by atoms with Crippen molar-refractivity contribution in [1.29, 1.82) is 0 Å². The number of hydrogen-bond acceptors (Lipinski definition) is 9. The number of aromatic nitrogens is 2. The van der Waals surface area contributed by atoms with Gasteiger partial charge in [-0.2, -0.15) is 0 Å². The molecule has 0 saturated carbocycles. The smallest absolute Gasteiger partial charge is 0.352 e. The van der Waals surface area contributed by atoms with Gasteiger partial charge in [-0.1, -0.05) is 20.3 Å². The van der Waals surface area contributed by atoms with E-state index in [9.17, 15) is 24.6 Å². The van der Waals surface area contributed by atoms with E-state index in [0.717, 1.165) is 10.8 Å². The average molecular weight is 375 g/mol. The molecule has 1 fully saturated rings. The van der Waals surface area contributed by atoms with E-state index in [1.165, 1.54) is 6.42 Å². The zero-order valence-corrected chi connectivity index (χ0v) is 14.7.